The monoisotopic (exact) mass is 362 g/mol. The van der Waals surface area contributed by atoms with Gasteiger partial charge in [-0.05, 0) is 23.8 Å². The Balaban J connectivity index is 1.36. The Bertz CT molecular complexity index is 966. The second-order valence-electron chi connectivity index (χ2n) is 6.01. The van der Waals surface area contributed by atoms with Crippen molar-refractivity contribution in [1.82, 2.24) is 15.0 Å². The highest BCUT2D eigenvalue weighted by Gasteiger charge is 2.12. The first-order chi connectivity index (χ1) is 13.3. The lowest BCUT2D eigenvalue weighted by Crippen LogP contribution is -2.16. The Morgan fingerprint density at radius 1 is 1.11 bits per heavy atom. The summed E-state index contributed by atoms with van der Waals surface area (Å²) < 4.78 is 12.7. The van der Waals surface area contributed by atoms with E-state index in [0.29, 0.717) is 42.6 Å². The molecule has 0 saturated carbocycles. The quantitative estimate of drug-likeness (QED) is 0.706. The first-order valence-corrected chi connectivity index (χ1v) is 8.59. The predicted molar refractivity (Wildman–Crippen MR) is 101 cm³/mol. The summed E-state index contributed by atoms with van der Waals surface area (Å²) in [7, 11) is 0. The molecule has 0 unspecified atom stereocenters. The molecule has 7 nitrogen and oxygen atoms in total. The van der Waals surface area contributed by atoms with Crippen LogP contribution in [0.3, 0.4) is 0 Å². The molecule has 0 atom stereocenters. The number of aromatic nitrogens is 3. The summed E-state index contributed by atoms with van der Waals surface area (Å²) >= 11 is 0. The molecule has 1 aliphatic rings. The van der Waals surface area contributed by atoms with Crippen molar-refractivity contribution in [2.75, 3.05) is 18.5 Å². The number of anilines is 1. The highest BCUT2D eigenvalue weighted by Crippen LogP contribution is 2.32. The molecule has 3 aromatic rings. The minimum atomic E-state index is -0.260. The fourth-order valence-electron chi connectivity index (χ4n) is 2.70. The van der Waals surface area contributed by atoms with E-state index in [1.807, 2.05) is 30.3 Å². The standard InChI is InChI=1S/C20H18N4O3/c25-20(21-16-6-8-18-19(12-16)27-11-10-26-18)9-7-17-14-24(23-22-17)13-15-4-2-1-3-5-15/h1-9,12,14H,10-11,13H2,(H,21,25). The van der Waals surface area contributed by atoms with Crippen molar-refractivity contribution in [2.24, 2.45) is 0 Å². The average Bonchev–Trinajstić information content (AvgIpc) is 3.14. The lowest BCUT2D eigenvalue weighted by molar-refractivity contribution is -0.111. The van der Waals surface area contributed by atoms with E-state index in [2.05, 4.69) is 15.6 Å². The summed E-state index contributed by atoms with van der Waals surface area (Å²) in [6.07, 6.45) is 4.84. The minimum Gasteiger partial charge on any atom is -0.486 e. The van der Waals surface area contributed by atoms with E-state index in [0.717, 1.165) is 5.56 Å². The van der Waals surface area contributed by atoms with Crippen molar-refractivity contribution in [1.29, 1.82) is 0 Å². The van der Waals surface area contributed by atoms with Gasteiger partial charge in [-0.1, -0.05) is 35.5 Å². The highest BCUT2D eigenvalue weighted by atomic mass is 16.6. The minimum absolute atomic E-state index is 0.260. The van der Waals surface area contributed by atoms with Gasteiger partial charge in [-0.25, -0.2) is 4.68 Å². The van der Waals surface area contributed by atoms with Gasteiger partial charge < -0.3 is 14.8 Å². The number of amides is 1. The van der Waals surface area contributed by atoms with E-state index in [4.69, 9.17) is 9.47 Å². The highest BCUT2D eigenvalue weighted by molar-refractivity contribution is 6.01. The van der Waals surface area contributed by atoms with Crippen LogP contribution in [0, 0.1) is 0 Å². The number of nitrogens with one attached hydrogen (secondary N) is 1. The molecular weight excluding hydrogens is 344 g/mol. The van der Waals surface area contributed by atoms with E-state index in [-0.39, 0.29) is 5.91 Å². The van der Waals surface area contributed by atoms with Crippen LogP contribution < -0.4 is 14.8 Å². The summed E-state index contributed by atoms with van der Waals surface area (Å²) in [4.78, 5) is 12.1. The van der Waals surface area contributed by atoms with Gasteiger partial charge in [0.2, 0.25) is 5.91 Å². The maximum atomic E-state index is 12.1. The lowest BCUT2D eigenvalue weighted by atomic mass is 10.2. The second kappa shape index (κ2) is 7.74. The van der Waals surface area contributed by atoms with Gasteiger partial charge in [-0.3, -0.25) is 4.79 Å². The third-order valence-corrected chi connectivity index (χ3v) is 3.96. The Labute approximate surface area is 156 Å². The number of nitrogens with zero attached hydrogens (tertiary/aromatic N) is 3. The molecule has 27 heavy (non-hydrogen) atoms. The summed E-state index contributed by atoms with van der Waals surface area (Å²) in [5.74, 6) is 1.06. The summed E-state index contributed by atoms with van der Waals surface area (Å²) in [5.41, 5.74) is 2.39. The first kappa shape index (κ1) is 16.8. The maximum absolute atomic E-state index is 12.1. The zero-order valence-corrected chi connectivity index (χ0v) is 14.5. The number of benzene rings is 2. The number of carbonyl (C=O) groups is 1. The number of fused-ring (bicyclic) bond motifs is 1. The van der Waals surface area contributed by atoms with Crippen LogP contribution in [0.4, 0.5) is 5.69 Å². The zero-order chi connectivity index (χ0) is 18.5. The van der Waals surface area contributed by atoms with E-state index >= 15 is 0 Å². The third-order valence-electron chi connectivity index (χ3n) is 3.96. The van der Waals surface area contributed by atoms with Crippen LogP contribution in [0.2, 0.25) is 0 Å². The fraction of sp³-hybridized carbons (Fsp3) is 0.150. The topological polar surface area (TPSA) is 78.3 Å². The van der Waals surface area contributed by atoms with Gasteiger partial charge in [-0.15, -0.1) is 5.10 Å². The molecule has 0 spiro atoms. The SMILES string of the molecule is O=C(C=Cc1cn(Cc2ccccc2)nn1)Nc1ccc2c(c1)OCCO2. The second-order valence-corrected chi connectivity index (χ2v) is 6.01. The molecule has 0 fully saturated rings. The van der Waals surface area contributed by atoms with E-state index in [9.17, 15) is 4.79 Å². The van der Waals surface area contributed by atoms with Gasteiger partial charge in [-0.2, -0.15) is 0 Å². The van der Waals surface area contributed by atoms with Gasteiger partial charge >= 0.3 is 0 Å². The van der Waals surface area contributed by atoms with Crippen LogP contribution in [-0.2, 0) is 11.3 Å². The fourth-order valence-corrected chi connectivity index (χ4v) is 2.70. The van der Waals surface area contributed by atoms with Gasteiger partial charge in [0.05, 0.1) is 12.7 Å². The molecule has 0 radical (unpaired) electrons. The van der Waals surface area contributed by atoms with Crippen LogP contribution in [0.15, 0.2) is 60.8 Å². The van der Waals surface area contributed by atoms with Crippen molar-refractivity contribution in [3.05, 3.63) is 72.1 Å². The number of carbonyl (C=O) groups excluding carboxylic acids is 1. The largest absolute Gasteiger partial charge is 0.486 e. The molecular formula is C20H18N4O3. The molecule has 0 saturated heterocycles. The van der Waals surface area contributed by atoms with Crippen molar-refractivity contribution in [2.45, 2.75) is 6.54 Å². The third kappa shape index (κ3) is 4.33. The summed E-state index contributed by atoms with van der Waals surface area (Å²) in [5, 5.41) is 10.9. The van der Waals surface area contributed by atoms with Crippen LogP contribution in [0.1, 0.15) is 11.3 Å². The Morgan fingerprint density at radius 2 is 1.93 bits per heavy atom. The Morgan fingerprint density at radius 3 is 2.78 bits per heavy atom. The normalized spacial score (nSPS) is 12.9. The van der Waals surface area contributed by atoms with Gasteiger partial charge in [0, 0.05) is 17.8 Å². The van der Waals surface area contributed by atoms with Crippen LogP contribution in [0.25, 0.3) is 6.08 Å². The number of hydrogen-bond acceptors (Lipinski definition) is 5. The maximum Gasteiger partial charge on any atom is 0.248 e. The number of hydrogen-bond donors (Lipinski definition) is 1. The van der Waals surface area contributed by atoms with Crippen LogP contribution in [-0.4, -0.2) is 34.1 Å². The molecule has 2 aromatic carbocycles. The Kier molecular flexibility index (Phi) is 4.82. The summed E-state index contributed by atoms with van der Waals surface area (Å²) in [6, 6.07) is 15.3. The van der Waals surface area contributed by atoms with E-state index in [1.54, 1.807) is 35.2 Å². The van der Waals surface area contributed by atoms with Crippen molar-refractivity contribution >= 4 is 17.7 Å². The van der Waals surface area contributed by atoms with Crippen LogP contribution in [0.5, 0.6) is 11.5 Å². The van der Waals surface area contributed by atoms with E-state index in [1.165, 1.54) is 6.08 Å². The van der Waals surface area contributed by atoms with Crippen molar-refractivity contribution < 1.29 is 14.3 Å². The molecule has 2 heterocycles. The van der Waals surface area contributed by atoms with Gasteiger partial charge in [0.25, 0.3) is 0 Å². The smallest absolute Gasteiger partial charge is 0.248 e. The number of ether oxygens (including phenoxy) is 2. The average molecular weight is 362 g/mol. The van der Waals surface area contributed by atoms with Crippen molar-refractivity contribution in [3.8, 4) is 11.5 Å². The molecule has 1 aromatic heterocycles. The van der Waals surface area contributed by atoms with E-state index < -0.39 is 0 Å². The molecule has 1 N–H and O–H groups in total. The predicted octanol–water partition coefficient (Wildman–Crippen LogP) is 2.75. The lowest BCUT2D eigenvalue weighted by Gasteiger charge is -2.18. The molecule has 7 heteroatoms. The van der Waals surface area contributed by atoms with Gasteiger partial charge in [0.15, 0.2) is 11.5 Å². The number of rotatable bonds is 5. The van der Waals surface area contributed by atoms with Gasteiger partial charge in [0.1, 0.15) is 18.9 Å². The molecule has 1 amide bonds. The zero-order valence-electron chi connectivity index (χ0n) is 14.5. The molecule has 136 valence electrons. The summed E-state index contributed by atoms with van der Waals surface area (Å²) in [6.45, 7) is 1.67. The molecule has 0 bridgehead atoms. The molecule has 4 rings (SSSR count). The Hall–Kier alpha value is -3.61. The molecule has 1 aliphatic heterocycles. The first-order valence-electron chi connectivity index (χ1n) is 8.59. The van der Waals surface area contributed by atoms with Crippen molar-refractivity contribution in [3.63, 3.8) is 0 Å². The van der Waals surface area contributed by atoms with Crippen LogP contribution >= 0.6 is 0 Å². The molecule has 0 aliphatic carbocycles.